The lowest BCUT2D eigenvalue weighted by atomic mass is 9.96. The average molecular weight is 409 g/mol. The minimum Gasteiger partial charge on any atom is -0.507 e. The van der Waals surface area contributed by atoms with Gasteiger partial charge in [0.2, 0.25) is 0 Å². The van der Waals surface area contributed by atoms with E-state index in [0.29, 0.717) is 18.0 Å². The number of phenolic OH excluding ortho intramolecular Hbond substituents is 1. The van der Waals surface area contributed by atoms with Crippen molar-refractivity contribution in [3.63, 3.8) is 0 Å². The SMILES string of the molecule is O=C(NCC1CCN(Cc2cccs2)CC1)c1cc(Br)ccc1O. The van der Waals surface area contributed by atoms with E-state index in [4.69, 9.17) is 0 Å². The van der Waals surface area contributed by atoms with Gasteiger partial charge >= 0.3 is 0 Å². The van der Waals surface area contributed by atoms with Gasteiger partial charge in [0.15, 0.2) is 0 Å². The number of rotatable bonds is 5. The van der Waals surface area contributed by atoms with E-state index in [9.17, 15) is 9.90 Å². The number of nitrogens with zero attached hydrogens (tertiary/aromatic N) is 1. The molecule has 1 aromatic heterocycles. The first kappa shape index (κ1) is 17.5. The predicted octanol–water partition coefficient (Wildman–Crippen LogP) is 3.86. The van der Waals surface area contributed by atoms with Gasteiger partial charge in [-0.25, -0.2) is 0 Å². The minimum atomic E-state index is -0.213. The van der Waals surface area contributed by atoms with E-state index in [1.54, 1.807) is 23.5 Å². The fourth-order valence-electron chi connectivity index (χ4n) is 2.99. The van der Waals surface area contributed by atoms with Crippen LogP contribution in [0.1, 0.15) is 28.1 Å². The molecule has 0 atom stereocenters. The summed E-state index contributed by atoms with van der Waals surface area (Å²) in [7, 11) is 0. The first-order valence-electron chi connectivity index (χ1n) is 8.13. The molecule has 0 bridgehead atoms. The van der Waals surface area contributed by atoms with E-state index >= 15 is 0 Å². The molecule has 24 heavy (non-hydrogen) atoms. The molecule has 1 aliphatic rings. The molecule has 6 heteroatoms. The third kappa shape index (κ3) is 4.59. The van der Waals surface area contributed by atoms with E-state index in [1.165, 1.54) is 10.9 Å². The number of halogens is 1. The molecule has 0 spiro atoms. The molecule has 1 fully saturated rings. The molecule has 3 rings (SSSR count). The summed E-state index contributed by atoms with van der Waals surface area (Å²) in [6, 6.07) is 9.17. The number of phenols is 1. The van der Waals surface area contributed by atoms with Crippen LogP contribution < -0.4 is 5.32 Å². The fraction of sp³-hybridized carbons (Fsp3) is 0.389. The van der Waals surface area contributed by atoms with Gasteiger partial charge in [-0.2, -0.15) is 0 Å². The topological polar surface area (TPSA) is 52.6 Å². The quantitative estimate of drug-likeness (QED) is 0.789. The van der Waals surface area contributed by atoms with Crippen LogP contribution in [0.2, 0.25) is 0 Å². The van der Waals surface area contributed by atoms with Crippen molar-refractivity contribution in [1.29, 1.82) is 0 Å². The van der Waals surface area contributed by atoms with Crippen LogP contribution in [0.4, 0.5) is 0 Å². The Morgan fingerprint density at radius 1 is 1.33 bits per heavy atom. The van der Waals surface area contributed by atoms with Crippen LogP contribution in [0.25, 0.3) is 0 Å². The Morgan fingerprint density at radius 3 is 2.83 bits per heavy atom. The highest BCUT2D eigenvalue weighted by Crippen LogP contribution is 2.23. The van der Waals surface area contributed by atoms with Crippen molar-refractivity contribution < 1.29 is 9.90 Å². The number of aromatic hydroxyl groups is 1. The number of likely N-dealkylation sites (tertiary alicyclic amines) is 1. The summed E-state index contributed by atoms with van der Waals surface area (Å²) in [6.07, 6.45) is 2.19. The van der Waals surface area contributed by atoms with Crippen molar-refractivity contribution in [3.05, 3.63) is 50.6 Å². The van der Waals surface area contributed by atoms with Gasteiger partial charge in [-0.05, 0) is 61.5 Å². The van der Waals surface area contributed by atoms with E-state index in [-0.39, 0.29) is 11.7 Å². The molecule has 2 heterocycles. The van der Waals surface area contributed by atoms with Gasteiger partial charge in [0, 0.05) is 22.4 Å². The van der Waals surface area contributed by atoms with Crippen molar-refractivity contribution in [2.24, 2.45) is 5.92 Å². The van der Waals surface area contributed by atoms with Crippen LogP contribution in [0, 0.1) is 5.92 Å². The fourth-order valence-corrected chi connectivity index (χ4v) is 4.10. The Bertz CT molecular complexity index is 682. The molecule has 1 saturated heterocycles. The van der Waals surface area contributed by atoms with Crippen molar-refractivity contribution in [1.82, 2.24) is 10.2 Å². The molecule has 1 aliphatic heterocycles. The second-order valence-corrected chi connectivity index (χ2v) is 8.12. The summed E-state index contributed by atoms with van der Waals surface area (Å²) in [4.78, 5) is 16.1. The van der Waals surface area contributed by atoms with Crippen LogP contribution in [0.5, 0.6) is 5.75 Å². The molecule has 0 unspecified atom stereocenters. The normalized spacial score (nSPS) is 16.2. The summed E-state index contributed by atoms with van der Waals surface area (Å²) < 4.78 is 0.785. The Hall–Kier alpha value is -1.37. The number of piperidine rings is 1. The largest absolute Gasteiger partial charge is 0.507 e. The Labute approximate surface area is 154 Å². The van der Waals surface area contributed by atoms with Gasteiger partial charge in [-0.1, -0.05) is 22.0 Å². The van der Waals surface area contributed by atoms with E-state index in [1.807, 2.05) is 0 Å². The zero-order valence-electron chi connectivity index (χ0n) is 13.4. The molecule has 0 saturated carbocycles. The van der Waals surface area contributed by atoms with E-state index in [2.05, 4.69) is 43.7 Å². The molecule has 0 aliphatic carbocycles. The molecular weight excluding hydrogens is 388 g/mol. The standard InChI is InChI=1S/C18H21BrN2O2S/c19-14-3-4-17(22)16(10-14)18(23)20-11-13-5-7-21(8-6-13)12-15-2-1-9-24-15/h1-4,9-10,13,22H,5-8,11-12H2,(H,20,23). The minimum absolute atomic E-state index is 0.0152. The lowest BCUT2D eigenvalue weighted by Crippen LogP contribution is -2.38. The summed E-state index contributed by atoms with van der Waals surface area (Å²) >= 11 is 5.13. The molecular formula is C18H21BrN2O2S. The molecule has 2 N–H and O–H groups in total. The number of carbonyl (C=O) groups excluding carboxylic acids is 1. The number of carbonyl (C=O) groups is 1. The molecule has 2 aromatic rings. The highest BCUT2D eigenvalue weighted by atomic mass is 79.9. The smallest absolute Gasteiger partial charge is 0.255 e. The van der Waals surface area contributed by atoms with Gasteiger partial charge < -0.3 is 10.4 Å². The summed E-state index contributed by atoms with van der Waals surface area (Å²) in [6.45, 7) is 3.83. The second-order valence-electron chi connectivity index (χ2n) is 6.17. The number of nitrogens with one attached hydrogen (secondary N) is 1. The Balaban J connectivity index is 1.44. The number of hydrogen-bond acceptors (Lipinski definition) is 4. The van der Waals surface area contributed by atoms with E-state index < -0.39 is 0 Å². The van der Waals surface area contributed by atoms with Crippen molar-refractivity contribution in [3.8, 4) is 5.75 Å². The number of hydrogen-bond donors (Lipinski definition) is 2. The summed E-state index contributed by atoms with van der Waals surface area (Å²) in [5.74, 6) is 0.305. The van der Waals surface area contributed by atoms with Crippen LogP contribution >= 0.6 is 27.3 Å². The maximum atomic E-state index is 12.2. The first-order valence-corrected chi connectivity index (χ1v) is 9.80. The highest BCUT2D eigenvalue weighted by molar-refractivity contribution is 9.10. The molecule has 0 radical (unpaired) electrons. The van der Waals surface area contributed by atoms with Gasteiger partial charge in [0.05, 0.1) is 5.56 Å². The highest BCUT2D eigenvalue weighted by Gasteiger charge is 2.20. The van der Waals surface area contributed by atoms with Crippen LogP contribution in [-0.2, 0) is 6.54 Å². The molecule has 4 nitrogen and oxygen atoms in total. The zero-order chi connectivity index (χ0) is 16.9. The van der Waals surface area contributed by atoms with Crippen LogP contribution in [0.15, 0.2) is 40.2 Å². The average Bonchev–Trinajstić information content (AvgIpc) is 3.09. The molecule has 1 aromatic carbocycles. The molecule has 128 valence electrons. The number of thiophene rings is 1. The Morgan fingerprint density at radius 2 is 2.12 bits per heavy atom. The third-order valence-corrected chi connectivity index (χ3v) is 5.78. The van der Waals surface area contributed by atoms with Crippen molar-refractivity contribution >= 4 is 33.2 Å². The predicted molar refractivity (Wildman–Crippen MR) is 100 cm³/mol. The monoisotopic (exact) mass is 408 g/mol. The lowest BCUT2D eigenvalue weighted by molar-refractivity contribution is 0.0932. The van der Waals surface area contributed by atoms with Crippen molar-refractivity contribution in [2.45, 2.75) is 19.4 Å². The molecule has 1 amide bonds. The maximum absolute atomic E-state index is 12.2. The summed E-state index contributed by atoms with van der Waals surface area (Å²) in [5.41, 5.74) is 0.319. The number of amides is 1. The maximum Gasteiger partial charge on any atom is 0.255 e. The summed E-state index contributed by atoms with van der Waals surface area (Å²) in [5, 5.41) is 14.9. The third-order valence-electron chi connectivity index (χ3n) is 4.42. The van der Waals surface area contributed by atoms with Crippen molar-refractivity contribution in [2.75, 3.05) is 19.6 Å². The van der Waals surface area contributed by atoms with Crippen LogP contribution in [0.3, 0.4) is 0 Å². The van der Waals surface area contributed by atoms with Crippen LogP contribution in [-0.4, -0.2) is 35.5 Å². The first-order chi connectivity index (χ1) is 11.6. The van der Waals surface area contributed by atoms with Gasteiger partial charge in [0.25, 0.3) is 5.91 Å². The zero-order valence-corrected chi connectivity index (χ0v) is 15.8. The van der Waals surface area contributed by atoms with Gasteiger partial charge in [0.1, 0.15) is 5.75 Å². The Kier molecular flexibility index (Phi) is 5.92. The number of benzene rings is 1. The lowest BCUT2D eigenvalue weighted by Gasteiger charge is -2.31. The van der Waals surface area contributed by atoms with Gasteiger partial charge in [-0.3, -0.25) is 9.69 Å². The second kappa shape index (κ2) is 8.14. The van der Waals surface area contributed by atoms with E-state index in [0.717, 1.165) is 36.9 Å². The van der Waals surface area contributed by atoms with Gasteiger partial charge in [-0.15, -0.1) is 11.3 Å².